The van der Waals surface area contributed by atoms with Crippen molar-refractivity contribution in [2.24, 2.45) is 5.41 Å². The number of nitrogens with zero attached hydrogens (tertiary/aromatic N) is 2. The van der Waals surface area contributed by atoms with Crippen LogP contribution < -0.4 is 0 Å². The molecule has 3 nitrogen and oxygen atoms in total. The van der Waals surface area contributed by atoms with Crippen molar-refractivity contribution in [2.45, 2.75) is 32.7 Å². The first kappa shape index (κ1) is 14.8. The highest BCUT2D eigenvalue weighted by atomic mass is 35.5. The third-order valence-corrected chi connectivity index (χ3v) is 4.54. The highest BCUT2D eigenvalue weighted by molar-refractivity contribution is 6.17. The molecule has 1 aromatic heterocycles. The second kappa shape index (κ2) is 5.93. The number of fused-ring (bicyclic) bond motifs is 1. The summed E-state index contributed by atoms with van der Waals surface area (Å²) in [5, 5.41) is 0. The number of ether oxygens (including phenoxy) is 1. The van der Waals surface area contributed by atoms with Gasteiger partial charge in [0.25, 0.3) is 0 Å². The lowest BCUT2D eigenvalue weighted by Gasteiger charge is -2.34. The van der Waals surface area contributed by atoms with Crippen molar-refractivity contribution in [2.75, 3.05) is 19.1 Å². The summed E-state index contributed by atoms with van der Waals surface area (Å²) in [6.45, 7) is 4.78. The van der Waals surface area contributed by atoms with Crippen molar-refractivity contribution in [3.05, 3.63) is 29.8 Å². The van der Waals surface area contributed by atoms with E-state index in [9.17, 15) is 4.39 Å². The molecule has 0 atom stereocenters. The first-order valence-corrected chi connectivity index (χ1v) is 7.93. The fourth-order valence-corrected chi connectivity index (χ4v) is 3.18. The Labute approximate surface area is 129 Å². The minimum absolute atomic E-state index is 0.196. The Morgan fingerprint density at radius 3 is 2.86 bits per heavy atom. The molecule has 2 aromatic rings. The Bertz CT molecular complexity index is 634. The second-order valence-electron chi connectivity index (χ2n) is 6.11. The number of imidazole rings is 1. The van der Waals surface area contributed by atoms with Gasteiger partial charge in [-0.1, -0.05) is 6.92 Å². The van der Waals surface area contributed by atoms with Crippen LogP contribution in [-0.4, -0.2) is 28.6 Å². The van der Waals surface area contributed by atoms with Gasteiger partial charge in [0, 0.05) is 38.1 Å². The Hall–Kier alpha value is -1.13. The molecule has 1 aromatic carbocycles. The molecule has 0 aliphatic carbocycles. The van der Waals surface area contributed by atoms with E-state index in [1.165, 1.54) is 12.1 Å². The molecule has 3 rings (SSSR count). The number of halogens is 2. The molecule has 0 spiro atoms. The van der Waals surface area contributed by atoms with Crippen molar-refractivity contribution in [1.82, 2.24) is 9.55 Å². The SMILES string of the molecule is CC1(Cn2c(CCCl)nc3cc(F)ccc32)CCOCC1. The average molecular weight is 311 g/mol. The van der Waals surface area contributed by atoms with E-state index in [2.05, 4.69) is 16.5 Å². The maximum Gasteiger partial charge on any atom is 0.125 e. The van der Waals surface area contributed by atoms with Crippen LogP contribution in [0.5, 0.6) is 0 Å². The van der Waals surface area contributed by atoms with E-state index in [-0.39, 0.29) is 11.2 Å². The monoisotopic (exact) mass is 310 g/mol. The third-order valence-electron chi connectivity index (χ3n) is 4.35. The quantitative estimate of drug-likeness (QED) is 0.804. The molecule has 2 heterocycles. The van der Waals surface area contributed by atoms with E-state index in [1.807, 2.05) is 6.07 Å². The molecule has 1 fully saturated rings. The van der Waals surface area contributed by atoms with Gasteiger partial charge >= 0.3 is 0 Å². The lowest BCUT2D eigenvalue weighted by atomic mass is 9.82. The van der Waals surface area contributed by atoms with E-state index in [4.69, 9.17) is 16.3 Å². The van der Waals surface area contributed by atoms with Gasteiger partial charge in [0.1, 0.15) is 11.6 Å². The number of aryl methyl sites for hydroxylation is 1. The summed E-state index contributed by atoms with van der Waals surface area (Å²) in [7, 11) is 0. The van der Waals surface area contributed by atoms with Crippen LogP contribution in [0.25, 0.3) is 11.0 Å². The zero-order valence-electron chi connectivity index (χ0n) is 12.2. The van der Waals surface area contributed by atoms with Gasteiger partial charge in [-0.05, 0) is 30.4 Å². The van der Waals surface area contributed by atoms with Crippen molar-refractivity contribution in [1.29, 1.82) is 0 Å². The zero-order valence-corrected chi connectivity index (χ0v) is 13.0. The van der Waals surface area contributed by atoms with Gasteiger partial charge in [-0.3, -0.25) is 0 Å². The van der Waals surface area contributed by atoms with E-state index in [0.717, 1.165) is 43.9 Å². The van der Waals surface area contributed by atoms with Crippen molar-refractivity contribution in [3.63, 3.8) is 0 Å². The number of aromatic nitrogens is 2. The van der Waals surface area contributed by atoms with Gasteiger partial charge in [-0.25, -0.2) is 9.37 Å². The largest absolute Gasteiger partial charge is 0.381 e. The first-order valence-electron chi connectivity index (χ1n) is 7.40. The summed E-state index contributed by atoms with van der Waals surface area (Å²) in [6, 6.07) is 4.81. The topological polar surface area (TPSA) is 27.1 Å². The standard InChI is InChI=1S/C16H20ClFN2O/c1-16(5-8-21-9-6-16)11-20-14-3-2-12(18)10-13(14)19-15(20)4-7-17/h2-3,10H,4-9,11H2,1H3. The number of benzene rings is 1. The Balaban J connectivity index is 2.00. The minimum atomic E-state index is -0.248. The molecule has 5 heteroatoms. The maximum absolute atomic E-state index is 13.4. The van der Waals surface area contributed by atoms with Crippen LogP contribution >= 0.6 is 11.6 Å². The molecule has 1 aliphatic rings. The lowest BCUT2D eigenvalue weighted by Crippen LogP contribution is -2.31. The minimum Gasteiger partial charge on any atom is -0.381 e. The summed E-state index contributed by atoms with van der Waals surface area (Å²) in [4.78, 5) is 4.57. The van der Waals surface area contributed by atoms with Gasteiger partial charge in [0.05, 0.1) is 11.0 Å². The lowest BCUT2D eigenvalue weighted by molar-refractivity contribution is 0.0157. The first-order chi connectivity index (χ1) is 10.1. The van der Waals surface area contributed by atoms with E-state index in [0.29, 0.717) is 17.8 Å². The van der Waals surface area contributed by atoms with Gasteiger partial charge in [-0.2, -0.15) is 0 Å². The van der Waals surface area contributed by atoms with E-state index >= 15 is 0 Å². The van der Waals surface area contributed by atoms with Gasteiger partial charge in [0.2, 0.25) is 0 Å². The highest BCUT2D eigenvalue weighted by Gasteiger charge is 2.29. The molecule has 114 valence electrons. The molecule has 0 saturated carbocycles. The third kappa shape index (κ3) is 3.06. The molecule has 0 radical (unpaired) electrons. The summed E-state index contributed by atoms with van der Waals surface area (Å²) < 4.78 is 21.1. The molecular weight excluding hydrogens is 291 g/mol. The Kier molecular flexibility index (Phi) is 4.18. The average Bonchev–Trinajstić information content (AvgIpc) is 2.76. The zero-order chi connectivity index (χ0) is 14.9. The Morgan fingerprint density at radius 1 is 1.38 bits per heavy atom. The van der Waals surface area contributed by atoms with Crippen LogP contribution in [0.1, 0.15) is 25.6 Å². The van der Waals surface area contributed by atoms with Crippen LogP contribution in [0, 0.1) is 11.2 Å². The van der Waals surface area contributed by atoms with Gasteiger partial charge in [0.15, 0.2) is 0 Å². The molecule has 0 bridgehead atoms. The Morgan fingerprint density at radius 2 is 2.14 bits per heavy atom. The summed E-state index contributed by atoms with van der Waals surface area (Å²) >= 11 is 5.90. The summed E-state index contributed by atoms with van der Waals surface area (Å²) in [5.41, 5.74) is 1.90. The number of hydrogen-bond donors (Lipinski definition) is 0. The number of rotatable bonds is 4. The smallest absolute Gasteiger partial charge is 0.125 e. The van der Waals surface area contributed by atoms with E-state index in [1.54, 1.807) is 0 Å². The molecule has 1 saturated heterocycles. The normalized spacial score (nSPS) is 18.2. The number of alkyl halides is 1. The number of hydrogen-bond acceptors (Lipinski definition) is 2. The summed E-state index contributed by atoms with van der Waals surface area (Å²) in [6.07, 6.45) is 2.77. The fourth-order valence-electron chi connectivity index (χ4n) is 3.01. The molecule has 21 heavy (non-hydrogen) atoms. The predicted octanol–water partition coefficient (Wildman–Crippen LogP) is 3.77. The second-order valence-corrected chi connectivity index (χ2v) is 6.49. The van der Waals surface area contributed by atoms with E-state index < -0.39 is 0 Å². The van der Waals surface area contributed by atoms with Crippen LogP contribution in [-0.2, 0) is 17.7 Å². The molecule has 0 amide bonds. The predicted molar refractivity (Wildman–Crippen MR) is 82.3 cm³/mol. The fraction of sp³-hybridized carbons (Fsp3) is 0.562. The maximum atomic E-state index is 13.4. The summed E-state index contributed by atoms with van der Waals surface area (Å²) in [5.74, 6) is 1.21. The molecule has 0 N–H and O–H groups in total. The van der Waals surface area contributed by atoms with Gasteiger partial charge < -0.3 is 9.30 Å². The van der Waals surface area contributed by atoms with Crippen LogP contribution in [0.4, 0.5) is 4.39 Å². The van der Waals surface area contributed by atoms with Crippen LogP contribution in [0.2, 0.25) is 0 Å². The van der Waals surface area contributed by atoms with Crippen LogP contribution in [0.15, 0.2) is 18.2 Å². The molecular formula is C16H20ClFN2O. The van der Waals surface area contributed by atoms with Gasteiger partial charge in [-0.15, -0.1) is 11.6 Å². The molecule has 0 unspecified atom stereocenters. The van der Waals surface area contributed by atoms with Crippen LogP contribution in [0.3, 0.4) is 0 Å². The van der Waals surface area contributed by atoms with Crippen molar-refractivity contribution >= 4 is 22.6 Å². The highest BCUT2D eigenvalue weighted by Crippen LogP contribution is 2.33. The van der Waals surface area contributed by atoms with Crippen molar-refractivity contribution in [3.8, 4) is 0 Å². The van der Waals surface area contributed by atoms with Crippen molar-refractivity contribution < 1.29 is 9.13 Å². The molecule has 1 aliphatic heterocycles.